The van der Waals surface area contributed by atoms with Gasteiger partial charge in [0, 0.05) is 32.2 Å². The largest absolute Gasteiger partial charge is 0.338 e. The van der Waals surface area contributed by atoms with E-state index in [4.69, 9.17) is 11.6 Å². The molecule has 1 aromatic rings. The van der Waals surface area contributed by atoms with Crippen LogP contribution >= 0.6 is 11.6 Å². The third-order valence-electron chi connectivity index (χ3n) is 7.03. The Labute approximate surface area is 191 Å². The molecule has 0 radical (unpaired) electrons. The lowest BCUT2D eigenvalue weighted by atomic mass is 9.99. The van der Waals surface area contributed by atoms with Crippen LogP contribution in [0.2, 0.25) is 5.02 Å². The highest BCUT2D eigenvalue weighted by Gasteiger charge is 2.31. The molecule has 3 fully saturated rings. The number of halogens is 1. The molecule has 1 amide bonds. The van der Waals surface area contributed by atoms with E-state index in [1.807, 2.05) is 4.90 Å². The molecule has 8 heteroatoms. The van der Waals surface area contributed by atoms with Gasteiger partial charge in [0.05, 0.1) is 15.5 Å². The molecule has 0 aromatic heterocycles. The summed E-state index contributed by atoms with van der Waals surface area (Å²) in [5.41, 5.74) is 0.300. The molecule has 3 aliphatic heterocycles. The first kappa shape index (κ1) is 23.0. The number of carbonyl (C=O) groups is 1. The van der Waals surface area contributed by atoms with Gasteiger partial charge in [-0.25, -0.2) is 8.42 Å². The number of rotatable bonds is 4. The predicted octanol–water partition coefficient (Wildman–Crippen LogP) is 4.00. The van der Waals surface area contributed by atoms with Crippen molar-refractivity contribution >= 4 is 27.5 Å². The molecular weight excluding hydrogens is 434 g/mol. The van der Waals surface area contributed by atoms with Gasteiger partial charge in [-0.2, -0.15) is 4.31 Å². The second-order valence-corrected chi connectivity index (χ2v) is 11.4. The highest BCUT2D eigenvalue weighted by Crippen LogP contribution is 2.28. The van der Waals surface area contributed by atoms with Crippen LogP contribution in [-0.2, 0) is 10.0 Å². The second-order valence-electron chi connectivity index (χ2n) is 9.08. The molecule has 6 nitrogen and oxygen atoms in total. The lowest BCUT2D eigenvalue weighted by Gasteiger charge is -2.40. The summed E-state index contributed by atoms with van der Waals surface area (Å²) in [6.07, 6.45) is 9.68. The Kier molecular flexibility index (Phi) is 7.57. The highest BCUT2D eigenvalue weighted by molar-refractivity contribution is 7.89. The summed E-state index contributed by atoms with van der Waals surface area (Å²) >= 11 is 6.36. The van der Waals surface area contributed by atoms with Crippen LogP contribution in [0.5, 0.6) is 0 Å². The minimum absolute atomic E-state index is 0.157. The molecule has 0 spiro atoms. The maximum atomic E-state index is 13.2. The van der Waals surface area contributed by atoms with Crippen LogP contribution < -0.4 is 0 Å². The van der Waals surface area contributed by atoms with Crippen LogP contribution in [0.4, 0.5) is 0 Å². The molecule has 0 bridgehead atoms. The Hall–Kier alpha value is -1.15. The Bertz CT molecular complexity index is 870. The summed E-state index contributed by atoms with van der Waals surface area (Å²) in [5, 5.41) is 0.318. The number of likely N-dealkylation sites (tertiary alicyclic amines) is 2. The molecule has 4 rings (SSSR count). The molecule has 1 aromatic carbocycles. The Morgan fingerprint density at radius 2 is 1.42 bits per heavy atom. The fraction of sp³-hybridized carbons (Fsp3) is 0.696. The first-order valence-electron chi connectivity index (χ1n) is 11.8. The quantitative estimate of drug-likeness (QED) is 0.671. The van der Waals surface area contributed by atoms with E-state index >= 15 is 0 Å². The first-order chi connectivity index (χ1) is 15.0. The normalized spacial score (nSPS) is 22.9. The summed E-state index contributed by atoms with van der Waals surface area (Å²) in [4.78, 5) is 17.8. The van der Waals surface area contributed by atoms with Gasteiger partial charge in [0.25, 0.3) is 5.91 Å². The molecule has 0 aliphatic carbocycles. The van der Waals surface area contributed by atoms with Gasteiger partial charge >= 0.3 is 0 Å². The minimum atomic E-state index is -3.61. The standard InChI is InChI=1S/C23H34ClN3O3S/c24-22-9-8-20(31(29,30)27-14-6-1-2-7-15-27)18-21(22)23(28)26-16-10-19(11-17-26)25-12-4-3-5-13-25/h8-9,18-19H,1-7,10-17H2. The van der Waals surface area contributed by atoms with Gasteiger partial charge in [-0.1, -0.05) is 30.9 Å². The zero-order valence-corrected chi connectivity index (χ0v) is 19.8. The van der Waals surface area contributed by atoms with Gasteiger partial charge in [0.15, 0.2) is 0 Å². The first-order valence-corrected chi connectivity index (χ1v) is 13.6. The topological polar surface area (TPSA) is 60.9 Å². The van der Waals surface area contributed by atoms with Gasteiger partial charge in [-0.05, 0) is 69.8 Å². The van der Waals surface area contributed by atoms with E-state index in [0.717, 1.165) is 38.5 Å². The zero-order chi connectivity index (χ0) is 21.8. The van der Waals surface area contributed by atoms with Crippen LogP contribution in [0.15, 0.2) is 23.1 Å². The monoisotopic (exact) mass is 467 g/mol. The van der Waals surface area contributed by atoms with Crippen molar-refractivity contribution in [1.29, 1.82) is 0 Å². The fourth-order valence-corrected chi connectivity index (χ4v) is 6.89. The van der Waals surface area contributed by atoms with Crippen LogP contribution in [0.1, 0.15) is 68.1 Å². The van der Waals surface area contributed by atoms with E-state index in [0.29, 0.717) is 42.8 Å². The molecule has 31 heavy (non-hydrogen) atoms. The maximum Gasteiger partial charge on any atom is 0.255 e. The van der Waals surface area contributed by atoms with Crippen LogP contribution in [0, 0.1) is 0 Å². The lowest BCUT2D eigenvalue weighted by Crippen LogP contribution is -2.48. The molecular formula is C23H34ClN3O3S. The van der Waals surface area contributed by atoms with Crippen molar-refractivity contribution in [2.45, 2.75) is 68.7 Å². The summed E-state index contributed by atoms with van der Waals surface area (Å²) in [5.74, 6) is -0.157. The number of benzene rings is 1. The molecule has 172 valence electrons. The number of hydrogen-bond acceptors (Lipinski definition) is 4. The number of piperidine rings is 2. The van der Waals surface area contributed by atoms with Gasteiger partial charge in [0.1, 0.15) is 0 Å². The van der Waals surface area contributed by atoms with Crippen molar-refractivity contribution in [2.24, 2.45) is 0 Å². The Morgan fingerprint density at radius 3 is 2.06 bits per heavy atom. The number of carbonyl (C=O) groups excluding carboxylic acids is 1. The van der Waals surface area contributed by atoms with Crippen molar-refractivity contribution in [3.63, 3.8) is 0 Å². The van der Waals surface area contributed by atoms with Crippen molar-refractivity contribution in [1.82, 2.24) is 14.1 Å². The van der Waals surface area contributed by atoms with Crippen molar-refractivity contribution in [2.75, 3.05) is 39.3 Å². The molecule has 0 unspecified atom stereocenters. The number of amides is 1. The van der Waals surface area contributed by atoms with Crippen molar-refractivity contribution in [3.05, 3.63) is 28.8 Å². The lowest BCUT2D eigenvalue weighted by molar-refractivity contribution is 0.0590. The summed E-state index contributed by atoms with van der Waals surface area (Å²) in [6.45, 7) is 4.80. The Balaban J connectivity index is 1.46. The third kappa shape index (κ3) is 5.27. The molecule has 3 aliphatic rings. The van der Waals surface area contributed by atoms with E-state index in [1.54, 1.807) is 10.4 Å². The molecule has 3 heterocycles. The average Bonchev–Trinajstić information content (AvgIpc) is 3.10. The number of hydrogen-bond donors (Lipinski definition) is 0. The third-order valence-corrected chi connectivity index (χ3v) is 9.25. The second kappa shape index (κ2) is 10.2. The minimum Gasteiger partial charge on any atom is -0.338 e. The zero-order valence-electron chi connectivity index (χ0n) is 18.3. The number of nitrogens with zero attached hydrogens (tertiary/aromatic N) is 3. The SMILES string of the molecule is O=C(c1cc(S(=O)(=O)N2CCCCCC2)ccc1Cl)N1CCC(N2CCCCC2)CC1. The molecule has 0 N–H and O–H groups in total. The summed E-state index contributed by atoms with van der Waals surface area (Å²) in [7, 11) is -3.61. The van der Waals surface area contributed by atoms with Gasteiger partial charge in [-0.3, -0.25) is 4.79 Å². The van der Waals surface area contributed by atoms with E-state index in [9.17, 15) is 13.2 Å². The highest BCUT2D eigenvalue weighted by atomic mass is 35.5. The van der Waals surface area contributed by atoms with Gasteiger partial charge < -0.3 is 9.80 Å². The van der Waals surface area contributed by atoms with Crippen molar-refractivity contribution in [3.8, 4) is 0 Å². The molecule has 0 saturated carbocycles. The van der Waals surface area contributed by atoms with Gasteiger partial charge in [0.2, 0.25) is 10.0 Å². The van der Waals surface area contributed by atoms with Gasteiger partial charge in [-0.15, -0.1) is 0 Å². The smallest absolute Gasteiger partial charge is 0.255 e. The van der Waals surface area contributed by atoms with E-state index in [1.165, 1.54) is 44.5 Å². The van der Waals surface area contributed by atoms with Crippen LogP contribution in [-0.4, -0.2) is 73.7 Å². The summed E-state index contributed by atoms with van der Waals surface area (Å²) < 4.78 is 27.9. The average molecular weight is 468 g/mol. The molecule has 0 atom stereocenters. The molecule has 3 saturated heterocycles. The summed E-state index contributed by atoms with van der Waals surface area (Å²) in [6, 6.07) is 5.12. The van der Waals surface area contributed by atoms with E-state index < -0.39 is 10.0 Å². The van der Waals surface area contributed by atoms with Crippen molar-refractivity contribution < 1.29 is 13.2 Å². The Morgan fingerprint density at radius 1 is 0.839 bits per heavy atom. The number of sulfonamides is 1. The van der Waals surface area contributed by atoms with E-state index in [2.05, 4.69) is 4.90 Å². The maximum absolute atomic E-state index is 13.2. The predicted molar refractivity (Wildman–Crippen MR) is 123 cm³/mol. The fourth-order valence-electron chi connectivity index (χ4n) is 5.15. The van der Waals surface area contributed by atoms with Crippen LogP contribution in [0.25, 0.3) is 0 Å². The van der Waals surface area contributed by atoms with Crippen LogP contribution in [0.3, 0.4) is 0 Å². The van der Waals surface area contributed by atoms with E-state index in [-0.39, 0.29) is 10.8 Å².